The van der Waals surface area contributed by atoms with Crippen LogP contribution in [-0.2, 0) is 4.79 Å². The Bertz CT molecular complexity index is 121. The summed E-state index contributed by atoms with van der Waals surface area (Å²) in [7, 11) is 0. The molecule has 0 rings (SSSR count). The van der Waals surface area contributed by atoms with Crippen LogP contribution in [0.2, 0.25) is 0 Å². The van der Waals surface area contributed by atoms with Crippen LogP contribution in [0.4, 0.5) is 0 Å². The van der Waals surface area contributed by atoms with Crippen LogP contribution >= 0.6 is 0 Å². The molecule has 11 heavy (non-hydrogen) atoms. The van der Waals surface area contributed by atoms with Gasteiger partial charge in [0.25, 0.3) is 0 Å². The molecule has 0 saturated heterocycles. The van der Waals surface area contributed by atoms with Crippen LogP contribution in [-0.4, -0.2) is 28.2 Å². The summed E-state index contributed by atoms with van der Waals surface area (Å²) < 4.78 is 0. The van der Waals surface area contributed by atoms with Gasteiger partial charge in [-0.25, -0.2) is 0 Å². The predicted octanol–water partition coefficient (Wildman–Crippen LogP) is 0.343. The Balaban J connectivity index is 4.37. The van der Waals surface area contributed by atoms with Gasteiger partial charge in [-0.15, -0.1) is 0 Å². The van der Waals surface area contributed by atoms with Crippen LogP contribution in [0.5, 0.6) is 0 Å². The van der Waals surface area contributed by atoms with E-state index in [1.165, 1.54) is 6.92 Å². The van der Waals surface area contributed by atoms with Crippen molar-refractivity contribution in [2.45, 2.75) is 38.9 Å². The molecule has 0 aliphatic rings. The maximum Gasteiger partial charge on any atom is 0.122 e. The van der Waals surface area contributed by atoms with Gasteiger partial charge in [0.15, 0.2) is 0 Å². The van der Waals surface area contributed by atoms with Gasteiger partial charge in [-0.2, -0.15) is 0 Å². The quantitative estimate of drug-likeness (QED) is 0.583. The fraction of sp³-hybridized carbons (Fsp3) is 0.875. The number of aliphatic hydroxyl groups excluding tert-OH is 1. The van der Waals surface area contributed by atoms with Crippen LogP contribution in [0.15, 0.2) is 0 Å². The molecule has 0 saturated carbocycles. The Labute approximate surface area is 67.0 Å². The largest absolute Gasteiger partial charge is 0.390 e. The van der Waals surface area contributed by atoms with Crippen LogP contribution in [0.3, 0.4) is 0 Å². The van der Waals surface area contributed by atoms with Crippen molar-refractivity contribution in [3.63, 3.8) is 0 Å². The van der Waals surface area contributed by atoms with E-state index in [9.17, 15) is 9.90 Å². The van der Waals surface area contributed by atoms with Crippen molar-refractivity contribution in [1.82, 2.24) is 0 Å². The third-order valence-corrected chi connectivity index (χ3v) is 2.13. The summed E-state index contributed by atoms with van der Waals surface area (Å²) in [5.74, 6) is -0.118. The molecule has 3 nitrogen and oxygen atoms in total. The normalized spacial score (nSPS) is 19.5. The standard InChI is InChI=1S/C8H16O3/c1-6(2)8(11,4-5-9)7(3)10/h5-7,10-11H,4H2,1-3H3. The minimum atomic E-state index is -1.26. The number of hydrogen-bond acceptors (Lipinski definition) is 3. The first-order valence-electron chi connectivity index (χ1n) is 3.79. The average Bonchev–Trinajstić information content (AvgIpc) is 1.87. The Hall–Kier alpha value is -0.410. The number of carbonyl (C=O) groups is 1. The van der Waals surface area contributed by atoms with E-state index >= 15 is 0 Å². The Morgan fingerprint density at radius 2 is 1.91 bits per heavy atom. The van der Waals surface area contributed by atoms with Crippen molar-refractivity contribution in [3.8, 4) is 0 Å². The molecule has 0 fully saturated rings. The van der Waals surface area contributed by atoms with E-state index in [0.29, 0.717) is 6.29 Å². The lowest BCUT2D eigenvalue weighted by molar-refractivity contribution is -0.127. The lowest BCUT2D eigenvalue weighted by Crippen LogP contribution is -2.45. The number of hydrogen-bond donors (Lipinski definition) is 2. The Morgan fingerprint density at radius 3 is 2.00 bits per heavy atom. The third-order valence-electron chi connectivity index (χ3n) is 2.13. The molecular weight excluding hydrogens is 144 g/mol. The van der Waals surface area contributed by atoms with E-state index in [-0.39, 0.29) is 12.3 Å². The summed E-state index contributed by atoms with van der Waals surface area (Å²) in [5.41, 5.74) is -1.26. The van der Waals surface area contributed by atoms with Gasteiger partial charge in [-0.05, 0) is 12.8 Å². The highest BCUT2D eigenvalue weighted by molar-refractivity contribution is 5.51. The lowest BCUT2D eigenvalue weighted by Gasteiger charge is -2.33. The topological polar surface area (TPSA) is 57.5 Å². The second-order valence-corrected chi connectivity index (χ2v) is 3.19. The number of rotatable bonds is 4. The molecule has 0 heterocycles. The van der Waals surface area contributed by atoms with Gasteiger partial charge in [0.1, 0.15) is 6.29 Å². The summed E-state index contributed by atoms with van der Waals surface area (Å²) in [5, 5.41) is 18.8. The van der Waals surface area contributed by atoms with Crippen molar-refractivity contribution in [3.05, 3.63) is 0 Å². The van der Waals surface area contributed by atoms with Gasteiger partial charge >= 0.3 is 0 Å². The molecule has 0 aromatic carbocycles. The minimum Gasteiger partial charge on any atom is -0.390 e. The molecule has 0 aromatic heterocycles. The van der Waals surface area contributed by atoms with Crippen LogP contribution in [0.1, 0.15) is 27.2 Å². The fourth-order valence-corrected chi connectivity index (χ4v) is 1.02. The molecule has 0 spiro atoms. The Morgan fingerprint density at radius 1 is 1.45 bits per heavy atom. The zero-order valence-corrected chi connectivity index (χ0v) is 7.24. The van der Waals surface area contributed by atoms with Gasteiger partial charge in [0.2, 0.25) is 0 Å². The van der Waals surface area contributed by atoms with Gasteiger partial charge in [-0.3, -0.25) is 0 Å². The summed E-state index contributed by atoms with van der Waals surface area (Å²) in [6.45, 7) is 5.04. The van der Waals surface area contributed by atoms with Crippen molar-refractivity contribution >= 4 is 6.29 Å². The first-order valence-corrected chi connectivity index (χ1v) is 3.79. The number of carbonyl (C=O) groups excluding carboxylic acids is 1. The van der Waals surface area contributed by atoms with Crippen molar-refractivity contribution in [1.29, 1.82) is 0 Å². The second-order valence-electron chi connectivity index (χ2n) is 3.19. The van der Waals surface area contributed by atoms with Crippen molar-refractivity contribution < 1.29 is 15.0 Å². The number of aliphatic hydroxyl groups is 2. The van der Waals surface area contributed by atoms with E-state index < -0.39 is 11.7 Å². The lowest BCUT2D eigenvalue weighted by atomic mass is 9.83. The first-order chi connectivity index (χ1) is 4.95. The van der Waals surface area contributed by atoms with Gasteiger partial charge < -0.3 is 15.0 Å². The first kappa shape index (κ1) is 10.6. The maximum absolute atomic E-state index is 10.2. The molecule has 0 aliphatic carbocycles. The van der Waals surface area contributed by atoms with E-state index in [1.807, 2.05) is 0 Å². The fourth-order valence-electron chi connectivity index (χ4n) is 1.02. The molecule has 2 atom stereocenters. The van der Waals surface area contributed by atoms with E-state index in [2.05, 4.69) is 0 Å². The zero-order chi connectivity index (χ0) is 9.07. The molecule has 2 unspecified atom stereocenters. The highest BCUT2D eigenvalue weighted by Crippen LogP contribution is 2.23. The monoisotopic (exact) mass is 160 g/mol. The number of aldehydes is 1. The molecule has 2 N–H and O–H groups in total. The molecule has 0 aromatic rings. The van der Waals surface area contributed by atoms with Crippen LogP contribution < -0.4 is 0 Å². The average molecular weight is 160 g/mol. The maximum atomic E-state index is 10.2. The minimum absolute atomic E-state index is 0.0116. The molecule has 3 heteroatoms. The molecule has 0 radical (unpaired) electrons. The molecular formula is C8H16O3. The zero-order valence-electron chi connectivity index (χ0n) is 7.24. The second kappa shape index (κ2) is 3.83. The van der Waals surface area contributed by atoms with Crippen LogP contribution in [0, 0.1) is 5.92 Å². The molecule has 0 bridgehead atoms. The SMILES string of the molecule is CC(C)C(O)(CC=O)C(C)O. The van der Waals surface area contributed by atoms with Gasteiger partial charge in [-0.1, -0.05) is 13.8 Å². The van der Waals surface area contributed by atoms with Crippen LogP contribution in [0.25, 0.3) is 0 Å². The van der Waals surface area contributed by atoms with Crippen molar-refractivity contribution in [2.75, 3.05) is 0 Å². The summed E-state index contributed by atoms with van der Waals surface area (Å²) in [6.07, 6.45) is -0.248. The summed E-state index contributed by atoms with van der Waals surface area (Å²) in [6, 6.07) is 0. The van der Waals surface area contributed by atoms with Gasteiger partial charge in [0, 0.05) is 6.42 Å². The van der Waals surface area contributed by atoms with E-state index in [1.54, 1.807) is 13.8 Å². The predicted molar refractivity (Wildman–Crippen MR) is 42.1 cm³/mol. The molecule has 66 valence electrons. The van der Waals surface area contributed by atoms with E-state index in [0.717, 1.165) is 0 Å². The van der Waals surface area contributed by atoms with E-state index in [4.69, 9.17) is 5.11 Å². The highest BCUT2D eigenvalue weighted by Gasteiger charge is 2.35. The van der Waals surface area contributed by atoms with Crippen molar-refractivity contribution in [2.24, 2.45) is 5.92 Å². The summed E-state index contributed by atoms with van der Waals surface area (Å²) >= 11 is 0. The van der Waals surface area contributed by atoms with Gasteiger partial charge in [0.05, 0.1) is 11.7 Å². The smallest absolute Gasteiger partial charge is 0.122 e. The third kappa shape index (κ3) is 2.27. The molecule has 0 amide bonds. The highest BCUT2D eigenvalue weighted by atomic mass is 16.3. The summed E-state index contributed by atoms with van der Waals surface area (Å²) in [4.78, 5) is 10.2. The molecule has 0 aliphatic heterocycles. The Kier molecular flexibility index (Phi) is 3.69.